The van der Waals surface area contributed by atoms with E-state index in [2.05, 4.69) is 0 Å². The average molecular weight is 303 g/mol. The zero-order valence-electron chi connectivity index (χ0n) is 11.5. The third-order valence-electron chi connectivity index (χ3n) is 3.89. The van der Waals surface area contributed by atoms with E-state index in [4.69, 9.17) is 0 Å². The van der Waals surface area contributed by atoms with E-state index in [1.165, 1.54) is 7.05 Å². The Labute approximate surface area is 118 Å². The summed E-state index contributed by atoms with van der Waals surface area (Å²) in [5.41, 5.74) is 0. The third kappa shape index (κ3) is 3.01. The summed E-state index contributed by atoms with van der Waals surface area (Å²) in [6, 6.07) is 2.92. The highest BCUT2D eigenvalue weighted by molar-refractivity contribution is 7.89. The maximum atomic E-state index is 13.7. The van der Waals surface area contributed by atoms with Crippen LogP contribution >= 0.6 is 0 Å². The molecular formula is C14H19F2NO2S. The molecule has 1 aromatic rings. The maximum absolute atomic E-state index is 13.7. The maximum Gasteiger partial charge on any atom is 0.248 e. The molecule has 3 nitrogen and oxygen atoms in total. The van der Waals surface area contributed by atoms with Crippen molar-refractivity contribution >= 4 is 10.0 Å². The van der Waals surface area contributed by atoms with Crippen LogP contribution in [0.1, 0.15) is 38.5 Å². The molecule has 0 aromatic heterocycles. The minimum atomic E-state index is -4.13. The molecule has 0 spiro atoms. The van der Waals surface area contributed by atoms with E-state index in [0.29, 0.717) is 0 Å². The monoisotopic (exact) mass is 303 g/mol. The highest BCUT2D eigenvalue weighted by atomic mass is 32.2. The van der Waals surface area contributed by atoms with Crippen LogP contribution in [0.15, 0.2) is 23.1 Å². The Bertz CT molecular complexity index is 546. The van der Waals surface area contributed by atoms with Gasteiger partial charge >= 0.3 is 0 Å². The Morgan fingerprint density at radius 3 is 2.05 bits per heavy atom. The second-order valence-corrected chi connectivity index (χ2v) is 7.15. The van der Waals surface area contributed by atoms with Crippen LogP contribution in [-0.2, 0) is 10.0 Å². The first-order valence-corrected chi connectivity index (χ1v) is 8.30. The van der Waals surface area contributed by atoms with Crippen molar-refractivity contribution in [1.29, 1.82) is 0 Å². The molecule has 0 N–H and O–H groups in total. The van der Waals surface area contributed by atoms with Crippen LogP contribution in [0.3, 0.4) is 0 Å². The standard InChI is InChI=1S/C14H19F2NO2S/c1-17(11-7-4-2-3-5-8-11)20(18,19)14-12(15)9-6-10-13(14)16/h6,9-11H,2-5,7-8H2,1H3. The quantitative estimate of drug-likeness (QED) is 0.803. The molecule has 0 atom stereocenters. The molecule has 0 heterocycles. The van der Waals surface area contributed by atoms with Crippen LogP contribution in [0.2, 0.25) is 0 Å². The van der Waals surface area contributed by atoms with Crippen molar-refractivity contribution in [3.8, 4) is 0 Å². The van der Waals surface area contributed by atoms with E-state index in [1.54, 1.807) is 0 Å². The molecule has 0 bridgehead atoms. The highest BCUT2D eigenvalue weighted by Crippen LogP contribution is 2.28. The Hall–Kier alpha value is -1.01. The van der Waals surface area contributed by atoms with Crippen LogP contribution in [0.4, 0.5) is 8.78 Å². The zero-order valence-corrected chi connectivity index (χ0v) is 12.3. The smallest absolute Gasteiger partial charge is 0.207 e. The van der Waals surface area contributed by atoms with Gasteiger partial charge in [-0.15, -0.1) is 0 Å². The van der Waals surface area contributed by atoms with E-state index in [-0.39, 0.29) is 6.04 Å². The second-order valence-electron chi connectivity index (χ2n) is 5.22. The zero-order chi connectivity index (χ0) is 14.8. The van der Waals surface area contributed by atoms with E-state index in [1.807, 2.05) is 0 Å². The molecule has 0 aliphatic heterocycles. The molecule has 1 saturated carbocycles. The molecule has 2 rings (SSSR count). The normalized spacial score (nSPS) is 18.2. The summed E-state index contributed by atoms with van der Waals surface area (Å²) in [5, 5.41) is 0. The first-order chi connectivity index (χ1) is 9.44. The molecule has 6 heteroatoms. The SMILES string of the molecule is CN(C1CCCCCC1)S(=O)(=O)c1c(F)cccc1F. The van der Waals surface area contributed by atoms with Gasteiger partial charge in [0.05, 0.1) is 0 Å². The Balaban J connectivity index is 2.34. The van der Waals surface area contributed by atoms with Gasteiger partial charge in [0.15, 0.2) is 4.90 Å². The molecule has 112 valence electrons. The first kappa shape index (κ1) is 15.4. The minimum Gasteiger partial charge on any atom is -0.207 e. The van der Waals surface area contributed by atoms with Gasteiger partial charge in [-0.3, -0.25) is 0 Å². The number of rotatable bonds is 3. The Kier molecular flexibility index (Phi) is 4.75. The van der Waals surface area contributed by atoms with Crippen LogP contribution in [-0.4, -0.2) is 25.8 Å². The summed E-state index contributed by atoms with van der Waals surface area (Å²) in [6.45, 7) is 0. The average Bonchev–Trinajstić information content (AvgIpc) is 2.66. The summed E-state index contributed by atoms with van der Waals surface area (Å²) >= 11 is 0. The summed E-state index contributed by atoms with van der Waals surface area (Å²) in [7, 11) is -2.72. The molecule has 0 unspecified atom stereocenters. The summed E-state index contributed by atoms with van der Waals surface area (Å²) < 4.78 is 53.4. The number of hydrogen-bond donors (Lipinski definition) is 0. The van der Waals surface area contributed by atoms with Gasteiger partial charge in [0.1, 0.15) is 11.6 Å². The molecule has 1 aromatic carbocycles. The number of benzene rings is 1. The molecule has 0 saturated heterocycles. The van der Waals surface area contributed by atoms with Crippen LogP contribution in [0, 0.1) is 11.6 Å². The van der Waals surface area contributed by atoms with Gasteiger partial charge in [-0.25, -0.2) is 17.2 Å². The molecular weight excluding hydrogens is 284 g/mol. The van der Waals surface area contributed by atoms with Gasteiger partial charge in [-0.2, -0.15) is 4.31 Å². The number of hydrogen-bond acceptors (Lipinski definition) is 2. The lowest BCUT2D eigenvalue weighted by Gasteiger charge is -2.26. The fourth-order valence-corrected chi connectivity index (χ4v) is 4.21. The van der Waals surface area contributed by atoms with E-state index in [0.717, 1.165) is 61.0 Å². The highest BCUT2D eigenvalue weighted by Gasteiger charge is 2.32. The molecule has 1 aliphatic rings. The lowest BCUT2D eigenvalue weighted by molar-refractivity contribution is 0.332. The summed E-state index contributed by atoms with van der Waals surface area (Å²) in [6.07, 6.45) is 5.54. The third-order valence-corrected chi connectivity index (χ3v) is 5.86. The van der Waals surface area contributed by atoms with Gasteiger partial charge in [0.2, 0.25) is 10.0 Å². The molecule has 0 radical (unpaired) electrons. The van der Waals surface area contributed by atoms with Crippen LogP contribution in [0.5, 0.6) is 0 Å². The van der Waals surface area contributed by atoms with Crippen molar-refractivity contribution in [1.82, 2.24) is 4.31 Å². The first-order valence-electron chi connectivity index (χ1n) is 6.86. The van der Waals surface area contributed by atoms with Crippen molar-refractivity contribution in [2.24, 2.45) is 0 Å². The van der Waals surface area contributed by atoms with E-state index >= 15 is 0 Å². The largest absolute Gasteiger partial charge is 0.248 e. The van der Waals surface area contributed by atoms with Crippen molar-refractivity contribution in [2.75, 3.05) is 7.05 Å². The topological polar surface area (TPSA) is 37.4 Å². The number of sulfonamides is 1. The number of nitrogens with zero attached hydrogens (tertiary/aromatic N) is 1. The second kappa shape index (κ2) is 6.18. The van der Waals surface area contributed by atoms with Gasteiger partial charge in [-0.1, -0.05) is 31.7 Å². The van der Waals surface area contributed by atoms with Crippen LogP contribution in [0.25, 0.3) is 0 Å². The van der Waals surface area contributed by atoms with Gasteiger partial charge < -0.3 is 0 Å². The van der Waals surface area contributed by atoms with E-state index < -0.39 is 26.6 Å². The fourth-order valence-electron chi connectivity index (χ4n) is 2.69. The molecule has 0 amide bonds. The summed E-state index contributed by atoms with van der Waals surface area (Å²) in [5.74, 6) is -2.07. The van der Waals surface area contributed by atoms with Crippen molar-refractivity contribution in [3.05, 3.63) is 29.8 Å². The fraction of sp³-hybridized carbons (Fsp3) is 0.571. The Morgan fingerprint density at radius 2 is 1.55 bits per heavy atom. The van der Waals surface area contributed by atoms with Gasteiger partial charge in [-0.05, 0) is 25.0 Å². The molecule has 1 fully saturated rings. The lowest BCUT2D eigenvalue weighted by atomic mass is 10.1. The summed E-state index contributed by atoms with van der Waals surface area (Å²) in [4.78, 5) is -0.841. The Morgan fingerprint density at radius 1 is 1.05 bits per heavy atom. The lowest BCUT2D eigenvalue weighted by Crippen LogP contribution is -2.37. The molecule has 20 heavy (non-hydrogen) atoms. The minimum absolute atomic E-state index is 0.179. The predicted octanol–water partition coefficient (Wildman–Crippen LogP) is 3.31. The predicted molar refractivity (Wildman–Crippen MR) is 72.8 cm³/mol. The molecule has 1 aliphatic carbocycles. The van der Waals surface area contributed by atoms with Crippen molar-refractivity contribution in [3.63, 3.8) is 0 Å². The van der Waals surface area contributed by atoms with Crippen molar-refractivity contribution in [2.45, 2.75) is 49.5 Å². The number of halogens is 2. The van der Waals surface area contributed by atoms with Gasteiger partial charge in [0, 0.05) is 13.1 Å². The van der Waals surface area contributed by atoms with Gasteiger partial charge in [0.25, 0.3) is 0 Å². The van der Waals surface area contributed by atoms with Crippen molar-refractivity contribution < 1.29 is 17.2 Å². The van der Waals surface area contributed by atoms with Crippen LogP contribution < -0.4 is 0 Å². The van der Waals surface area contributed by atoms with E-state index in [9.17, 15) is 17.2 Å².